The number of thiocarbonyl (C=S) groups is 1. The number of hydrogen-bond acceptors (Lipinski definition) is 7. The third-order valence-electron chi connectivity index (χ3n) is 4.17. The molecule has 1 aliphatic rings. The number of benzene rings is 1. The first kappa shape index (κ1) is 20.9. The molecule has 1 saturated heterocycles. The average Bonchev–Trinajstić information content (AvgIpc) is 3.32. The Labute approximate surface area is 177 Å². The van der Waals surface area contributed by atoms with E-state index in [2.05, 4.69) is 15.3 Å². The molecule has 10 heteroatoms. The van der Waals surface area contributed by atoms with Crippen LogP contribution in [0.15, 0.2) is 35.6 Å². The molecule has 0 radical (unpaired) electrons. The summed E-state index contributed by atoms with van der Waals surface area (Å²) in [6, 6.07) is 5.31. The molecule has 1 aliphatic heterocycles. The monoisotopic (exact) mass is 432 g/mol. The Morgan fingerprint density at radius 3 is 2.90 bits per heavy atom. The first-order valence-corrected chi connectivity index (χ1v) is 9.95. The van der Waals surface area contributed by atoms with Gasteiger partial charge in [-0.25, -0.2) is 4.98 Å². The first-order chi connectivity index (χ1) is 14.0. The molecule has 2 aromatic rings. The molecule has 29 heavy (non-hydrogen) atoms. The van der Waals surface area contributed by atoms with Crippen LogP contribution in [0, 0.1) is 0 Å². The number of carbonyl (C=O) groups excluding carboxylic acids is 2. The van der Waals surface area contributed by atoms with E-state index in [1.54, 1.807) is 51.0 Å². The van der Waals surface area contributed by atoms with E-state index < -0.39 is 0 Å². The molecular formula is C19H20N4O4S2. The van der Waals surface area contributed by atoms with Crippen molar-refractivity contribution in [3.63, 3.8) is 0 Å². The highest BCUT2D eigenvalue weighted by molar-refractivity contribution is 8.26. The summed E-state index contributed by atoms with van der Waals surface area (Å²) in [5.74, 6) is 0.659. The maximum Gasteiger partial charge on any atom is 0.266 e. The number of imidazole rings is 1. The second kappa shape index (κ2) is 9.57. The summed E-state index contributed by atoms with van der Waals surface area (Å²) in [5, 5.41) is 2.78. The fourth-order valence-electron chi connectivity index (χ4n) is 2.69. The zero-order valence-electron chi connectivity index (χ0n) is 15.9. The van der Waals surface area contributed by atoms with E-state index in [-0.39, 0.29) is 18.4 Å². The maximum atomic E-state index is 12.8. The largest absolute Gasteiger partial charge is 0.497 e. The summed E-state index contributed by atoms with van der Waals surface area (Å²) >= 11 is 6.45. The average molecular weight is 433 g/mol. The van der Waals surface area contributed by atoms with Gasteiger partial charge in [-0.15, -0.1) is 0 Å². The number of aromatic nitrogens is 2. The molecule has 8 nitrogen and oxygen atoms in total. The lowest BCUT2D eigenvalue weighted by molar-refractivity contribution is -0.128. The van der Waals surface area contributed by atoms with Crippen LogP contribution in [-0.2, 0) is 16.0 Å². The minimum atomic E-state index is -0.311. The van der Waals surface area contributed by atoms with Gasteiger partial charge in [-0.2, -0.15) is 0 Å². The van der Waals surface area contributed by atoms with Crippen molar-refractivity contribution in [2.75, 3.05) is 27.3 Å². The van der Waals surface area contributed by atoms with E-state index in [9.17, 15) is 9.59 Å². The normalized spacial score (nSPS) is 15.1. The molecule has 0 saturated carbocycles. The fourth-order valence-corrected chi connectivity index (χ4v) is 3.93. The van der Waals surface area contributed by atoms with E-state index in [4.69, 9.17) is 21.7 Å². The van der Waals surface area contributed by atoms with Crippen molar-refractivity contribution in [2.45, 2.75) is 6.42 Å². The van der Waals surface area contributed by atoms with E-state index >= 15 is 0 Å². The van der Waals surface area contributed by atoms with Gasteiger partial charge in [0.05, 0.1) is 25.5 Å². The summed E-state index contributed by atoms with van der Waals surface area (Å²) < 4.78 is 10.9. The molecule has 2 heterocycles. The van der Waals surface area contributed by atoms with Gasteiger partial charge in [0.1, 0.15) is 22.4 Å². The molecule has 1 aromatic carbocycles. The zero-order valence-corrected chi connectivity index (χ0v) is 17.6. The molecule has 0 atom stereocenters. The molecule has 0 bridgehead atoms. The zero-order chi connectivity index (χ0) is 20.8. The van der Waals surface area contributed by atoms with Crippen molar-refractivity contribution in [1.82, 2.24) is 20.2 Å². The highest BCUT2D eigenvalue weighted by Gasteiger charge is 2.33. The van der Waals surface area contributed by atoms with E-state index in [0.717, 1.165) is 17.5 Å². The van der Waals surface area contributed by atoms with Crippen molar-refractivity contribution < 1.29 is 19.1 Å². The number of aromatic amines is 1. The predicted molar refractivity (Wildman–Crippen MR) is 115 cm³/mol. The Hall–Kier alpha value is -2.85. The quantitative estimate of drug-likeness (QED) is 0.486. The van der Waals surface area contributed by atoms with Crippen LogP contribution >= 0.6 is 24.0 Å². The number of hydrogen-bond donors (Lipinski definition) is 2. The van der Waals surface area contributed by atoms with Crippen LogP contribution in [-0.4, -0.2) is 58.3 Å². The molecule has 0 unspecified atom stereocenters. The summed E-state index contributed by atoms with van der Waals surface area (Å²) in [7, 11) is 3.12. The van der Waals surface area contributed by atoms with Crippen LogP contribution < -0.4 is 14.8 Å². The standard InChI is InChI=1S/C19H20N4O4S2/c1-26-14-3-4-15(27-2)12(7-14)8-16-18(25)23(19(28)29-16)10-17(24)21-6-5-13-9-20-11-22-13/h3-4,7-9,11H,5-6,10H2,1-2H3,(H,20,22)(H,21,24). The smallest absolute Gasteiger partial charge is 0.266 e. The molecular weight excluding hydrogens is 412 g/mol. The van der Waals surface area contributed by atoms with Gasteiger partial charge >= 0.3 is 0 Å². The van der Waals surface area contributed by atoms with Crippen molar-refractivity contribution in [3.05, 3.63) is 46.9 Å². The Balaban J connectivity index is 1.64. The summed E-state index contributed by atoms with van der Waals surface area (Å²) in [6.45, 7) is 0.312. The van der Waals surface area contributed by atoms with Crippen LogP contribution in [0.4, 0.5) is 0 Å². The Bertz CT molecular complexity index is 944. The van der Waals surface area contributed by atoms with Gasteiger partial charge < -0.3 is 19.8 Å². The molecule has 0 spiro atoms. The van der Waals surface area contributed by atoms with Crippen LogP contribution in [0.2, 0.25) is 0 Å². The number of thioether (sulfide) groups is 1. The molecule has 1 aromatic heterocycles. The number of H-pyrrole nitrogens is 1. The molecule has 2 amide bonds. The number of carbonyl (C=O) groups is 2. The van der Waals surface area contributed by atoms with Gasteiger partial charge in [-0.1, -0.05) is 24.0 Å². The van der Waals surface area contributed by atoms with Gasteiger partial charge in [0.15, 0.2) is 0 Å². The molecule has 1 fully saturated rings. The summed E-state index contributed by atoms with van der Waals surface area (Å²) in [6.07, 6.45) is 5.60. The van der Waals surface area contributed by atoms with Crippen molar-refractivity contribution in [1.29, 1.82) is 0 Å². The number of nitrogens with one attached hydrogen (secondary N) is 2. The van der Waals surface area contributed by atoms with Crippen LogP contribution in [0.25, 0.3) is 6.08 Å². The van der Waals surface area contributed by atoms with Crippen molar-refractivity contribution >= 4 is 46.2 Å². The minimum absolute atomic E-state index is 0.125. The maximum absolute atomic E-state index is 12.8. The van der Waals surface area contributed by atoms with Gasteiger partial charge in [0.25, 0.3) is 5.91 Å². The Morgan fingerprint density at radius 1 is 1.38 bits per heavy atom. The van der Waals surface area contributed by atoms with Gasteiger partial charge in [-0.05, 0) is 24.3 Å². The molecule has 3 rings (SSSR count). The van der Waals surface area contributed by atoms with E-state index in [0.29, 0.717) is 39.3 Å². The van der Waals surface area contributed by atoms with Crippen LogP contribution in [0.3, 0.4) is 0 Å². The predicted octanol–water partition coefficient (Wildman–Crippen LogP) is 1.99. The molecule has 0 aliphatic carbocycles. The van der Waals surface area contributed by atoms with E-state index in [1.165, 1.54) is 4.90 Å². The molecule has 2 N–H and O–H groups in total. The summed E-state index contributed by atoms with van der Waals surface area (Å²) in [5.41, 5.74) is 1.61. The Morgan fingerprint density at radius 2 is 2.21 bits per heavy atom. The summed E-state index contributed by atoms with van der Waals surface area (Å²) in [4.78, 5) is 33.6. The highest BCUT2D eigenvalue weighted by Crippen LogP contribution is 2.35. The second-order valence-electron chi connectivity index (χ2n) is 6.05. The third-order valence-corrected chi connectivity index (χ3v) is 5.55. The number of nitrogens with zero attached hydrogens (tertiary/aromatic N) is 2. The van der Waals surface area contributed by atoms with Crippen molar-refractivity contribution in [2.24, 2.45) is 0 Å². The first-order valence-electron chi connectivity index (χ1n) is 8.73. The third kappa shape index (κ3) is 5.15. The number of methoxy groups -OCH3 is 2. The van der Waals surface area contributed by atoms with Gasteiger partial charge in [0.2, 0.25) is 5.91 Å². The number of rotatable bonds is 8. The van der Waals surface area contributed by atoms with Crippen LogP contribution in [0.5, 0.6) is 11.5 Å². The van der Waals surface area contributed by atoms with Gasteiger partial charge in [-0.3, -0.25) is 14.5 Å². The number of ether oxygens (including phenoxy) is 2. The Kier molecular flexibility index (Phi) is 6.89. The van der Waals surface area contributed by atoms with Gasteiger partial charge in [0, 0.05) is 30.4 Å². The lowest BCUT2D eigenvalue weighted by Crippen LogP contribution is -2.40. The lowest BCUT2D eigenvalue weighted by Gasteiger charge is -2.14. The SMILES string of the molecule is COc1ccc(OC)c(C=C2SC(=S)N(CC(=O)NCCc3cnc[nH]3)C2=O)c1. The lowest BCUT2D eigenvalue weighted by atomic mass is 10.1. The second-order valence-corrected chi connectivity index (χ2v) is 7.73. The number of amides is 2. The van der Waals surface area contributed by atoms with E-state index in [1.807, 2.05) is 0 Å². The topological polar surface area (TPSA) is 96.6 Å². The highest BCUT2D eigenvalue weighted by atomic mass is 32.2. The van der Waals surface area contributed by atoms with Crippen LogP contribution in [0.1, 0.15) is 11.3 Å². The minimum Gasteiger partial charge on any atom is -0.497 e. The van der Waals surface area contributed by atoms with Crippen molar-refractivity contribution in [3.8, 4) is 11.5 Å². The molecule has 152 valence electrons. The fraction of sp³-hybridized carbons (Fsp3) is 0.263.